The minimum Gasteiger partial charge on any atom is -0.487 e. The molecule has 2 fully saturated rings. The van der Waals surface area contributed by atoms with Crippen molar-refractivity contribution in [2.45, 2.75) is 50.2 Å². The largest absolute Gasteiger partial charge is 0.487 e. The van der Waals surface area contributed by atoms with Gasteiger partial charge in [-0.05, 0) is 62.8 Å². The minimum atomic E-state index is -4.18. The van der Waals surface area contributed by atoms with E-state index in [1.807, 2.05) is 35.9 Å². The lowest BCUT2D eigenvalue weighted by atomic mass is 9.97. The minimum absolute atomic E-state index is 0.0720. The van der Waals surface area contributed by atoms with Crippen LogP contribution in [0.5, 0.6) is 5.75 Å². The molecule has 0 radical (unpaired) electrons. The van der Waals surface area contributed by atoms with E-state index in [9.17, 15) is 23.1 Å². The van der Waals surface area contributed by atoms with E-state index in [4.69, 9.17) is 32.9 Å². The summed E-state index contributed by atoms with van der Waals surface area (Å²) >= 11 is 13.3. The maximum atomic E-state index is 14.0. The third-order valence-corrected chi connectivity index (χ3v) is 11.6. The van der Waals surface area contributed by atoms with Gasteiger partial charge in [-0.15, -0.1) is 0 Å². The summed E-state index contributed by atoms with van der Waals surface area (Å²) in [4.78, 5) is 34.5. The molecule has 0 saturated carbocycles. The molecule has 0 bridgehead atoms. The number of piperidine rings is 1. The standard InChI is InChI=1S/C32H34Cl2N6O6S/c1-20-16-26(39-15-11-35-19-39)22-4-2-6-27(30(22)37-20)46-18-23-24(33)7-8-28(29(23)34)47(44,45)40-12-3-5-25(40)31(41)36-17-21-9-13-38(14-10-21)32(42)43/h2,4,6-8,11,15-16,19,21,25H,3,5,9-10,12-14,17-18H2,1H3,(H,36,41)(H,42,43)/t25-/m0/s1. The van der Waals surface area contributed by atoms with E-state index >= 15 is 0 Å². The molecule has 4 heterocycles. The van der Waals surface area contributed by atoms with Gasteiger partial charge in [0.25, 0.3) is 0 Å². The van der Waals surface area contributed by atoms with Crippen LogP contribution in [0, 0.1) is 12.8 Å². The highest BCUT2D eigenvalue weighted by atomic mass is 35.5. The van der Waals surface area contributed by atoms with Gasteiger partial charge in [-0.3, -0.25) is 4.79 Å². The number of hydrogen-bond donors (Lipinski definition) is 2. The van der Waals surface area contributed by atoms with Gasteiger partial charge in [0.05, 0.1) is 17.0 Å². The van der Waals surface area contributed by atoms with Crippen molar-refractivity contribution in [2.24, 2.45) is 5.92 Å². The first-order valence-corrected chi connectivity index (χ1v) is 17.5. The predicted molar refractivity (Wildman–Crippen MR) is 177 cm³/mol. The molecule has 2 amide bonds. The molecule has 2 aliphatic rings. The van der Waals surface area contributed by atoms with Crippen LogP contribution in [-0.4, -0.2) is 81.5 Å². The highest BCUT2D eigenvalue weighted by Crippen LogP contribution is 2.37. The molecule has 6 rings (SSSR count). The summed E-state index contributed by atoms with van der Waals surface area (Å²) < 4.78 is 37.2. The van der Waals surface area contributed by atoms with Crippen molar-refractivity contribution in [1.82, 2.24) is 29.1 Å². The maximum Gasteiger partial charge on any atom is 0.407 e. The van der Waals surface area contributed by atoms with E-state index in [0.717, 1.165) is 16.8 Å². The van der Waals surface area contributed by atoms with Crippen molar-refractivity contribution < 1.29 is 27.9 Å². The molecular weight excluding hydrogens is 667 g/mol. The van der Waals surface area contributed by atoms with Crippen molar-refractivity contribution in [3.05, 3.63) is 76.4 Å². The number of carbonyl (C=O) groups excluding carboxylic acids is 1. The van der Waals surface area contributed by atoms with E-state index in [-0.39, 0.29) is 39.9 Å². The Morgan fingerprint density at radius 2 is 1.89 bits per heavy atom. The van der Waals surface area contributed by atoms with E-state index in [2.05, 4.69) is 10.3 Å². The first kappa shape index (κ1) is 33.0. The molecule has 0 spiro atoms. The molecule has 47 heavy (non-hydrogen) atoms. The second-order valence-corrected chi connectivity index (χ2v) is 14.4. The number of likely N-dealkylation sites (tertiary alicyclic amines) is 1. The topological polar surface area (TPSA) is 147 Å². The van der Waals surface area contributed by atoms with Crippen molar-refractivity contribution in [3.63, 3.8) is 0 Å². The lowest BCUT2D eigenvalue weighted by molar-refractivity contribution is -0.124. The van der Waals surface area contributed by atoms with Crippen molar-refractivity contribution in [2.75, 3.05) is 26.2 Å². The van der Waals surface area contributed by atoms with E-state index in [1.54, 1.807) is 18.6 Å². The van der Waals surface area contributed by atoms with Crippen molar-refractivity contribution >= 4 is 56.1 Å². The number of carboxylic acid groups (broad SMARTS) is 1. The molecule has 15 heteroatoms. The van der Waals surface area contributed by atoms with Gasteiger partial charge in [0.15, 0.2) is 0 Å². The molecule has 1 atom stereocenters. The number of nitrogens with one attached hydrogen (secondary N) is 1. The number of rotatable bonds is 9. The van der Waals surface area contributed by atoms with Gasteiger partial charge in [-0.2, -0.15) is 4.31 Å². The van der Waals surface area contributed by atoms with Crippen LogP contribution in [0.2, 0.25) is 10.0 Å². The normalized spacial score (nSPS) is 17.7. The maximum absolute atomic E-state index is 14.0. The highest BCUT2D eigenvalue weighted by Gasteiger charge is 2.41. The number of benzene rings is 2. The number of imidazole rings is 1. The van der Waals surface area contributed by atoms with Gasteiger partial charge in [-0.25, -0.2) is 23.2 Å². The fourth-order valence-corrected chi connectivity index (χ4v) is 8.75. The summed E-state index contributed by atoms with van der Waals surface area (Å²) in [6.07, 6.45) is 6.44. The van der Waals surface area contributed by atoms with Gasteiger partial charge in [0, 0.05) is 60.2 Å². The van der Waals surface area contributed by atoms with Gasteiger partial charge in [0.2, 0.25) is 15.9 Å². The van der Waals surface area contributed by atoms with Crippen LogP contribution in [0.25, 0.3) is 16.6 Å². The molecule has 2 aromatic carbocycles. The number of pyridine rings is 1. The van der Waals surface area contributed by atoms with Gasteiger partial charge in [0.1, 0.15) is 28.8 Å². The van der Waals surface area contributed by atoms with Crippen LogP contribution in [0.15, 0.2) is 60.0 Å². The predicted octanol–water partition coefficient (Wildman–Crippen LogP) is 5.27. The SMILES string of the molecule is Cc1cc(-n2ccnc2)c2cccc(OCc3c(Cl)ccc(S(=O)(=O)N4CCC[C@H]4C(=O)NCC4CCN(C(=O)O)CC4)c3Cl)c2n1. The second kappa shape index (κ2) is 13.7. The van der Waals surface area contributed by atoms with Crippen LogP contribution in [0.1, 0.15) is 36.9 Å². The summed E-state index contributed by atoms with van der Waals surface area (Å²) in [5.41, 5.74) is 2.56. The Morgan fingerprint density at radius 1 is 1.11 bits per heavy atom. The number of amides is 2. The third-order valence-electron chi connectivity index (χ3n) is 8.76. The summed E-state index contributed by atoms with van der Waals surface area (Å²) in [5, 5.41) is 13.1. The first-order valence-electron chi connectivity index (χ1n) is 15.3. The van der Waals surface area contributed by atoms with Crippen LogP contribution in [-0.2, 0) is 21.4 Å². The molecule has 12 nitrogen and oxygen atoms in total. The number of aromatic nitrogens is 3. The van der Waals surface area contributed by atoms with Crippen molar-refractivity contribution in [1.29, 1.82) is 0 Å². The zero-order valence-electron chi connectivity index (χ0n) is 25.6. The van der Waals surface area contributed by atoms with Gasteiger partial charge < -0.3 is 24.6 Å². The Hall–Kier alpha value is -3.91. The number of hydrogen-bond acceptors (Lipinski definition) is 7. The zero-order valence-corrected chi connectivity index (χ0v) is 27.9. The molecule has 0 unspecified atom stereocenters. The summed E-state index contributed by atoms with van der Waals surface area (Å²) in [6, 6.07) is 9.44. The Morgan fingerprint density at radius 3 is 2.62 bits per heavy atom. The number of halogens is 2. The molecule has 0 aliphatic carbocycles. The monoisotopic (exact) mass is 700 g/mol. The van der Waals surface area contributed by atoms with E-state index < -0.39 is 22.2 Å². The number of sulfonamides is 1. The lowest BCUT2D eigenvalue weighted by Gasteiger charge is -2.30. The molecule has 2 aliphatic heterocycles. The fourth-order valence-electron chi connectivity index (χ4n) is 6.23. The average Bonchev–Trinajstić information content (AvgIpc) is 3.77. The molecule has 248 valence electrons. The zero-order chi connectivity index (χ0) is 33.3. The van der Waals surface area contributed by atoms with E-state index in [0.29, 0.717) is 62.1 Å². The van der Waals surface area contributed by atoms with Crippen LogP contribution in [0.4, 0.5) is 4.79 Å². The number of carbonyl (C=O) groups is 2. The first-order chi connectivity index (χ1) is 22.5. The smallest absolute Gasteiger partial charge is 0.407 e. The van der Waals surface area contributed by atoms with Crippen LogP contribution in [0.3, 0.4) is 0 Å². The van der Waals surface area contributed by atoms with Crippen LogP contribution < -0.4 is 10.1 Å². The Kier molecular flexibility index (Phi) is 9.60. The number of nitrogens with zero attached hydrogens (tertiary/aromatic N) is 5. The Balaban J connectivity index is 1.19. The molecule has 4 aromatic rings. The molecule has 2 N–H and O–H groups in total. The number of aryl methyl sites for hydroxylation is 1. The molecular formula is C32H34Cl2N6O6S. The third kappa shape index (κ3) is 6.75. The lowest BCUT2D eigenvalue weighted by Crippen LogP contribution is -2.48. The molecule has 2 saturated heterocycles. The number of para-hydroxylation sites is 1. The van der Waals surface area contributed by atoms with Crippen LogP contribution >= 0.6 is 23.2 Å². The van der Waals surface area contributed by atoms with Crippen molar-refractivity contribution in [3.8, 4) is 11.4 Å². The van der Waals surface area contributed by atoms with Gasteiger partial charge >= 0.3 is 6.09 Å². The highest BCUT2D eigenvalue weighted by molar-refractivity contribution is 7.89. The van der Waals surface area contributed by atoms with E-state index in [1.165, 1.54) is 21.3 Å². The average molecular weight is 702 g/mol. The number of ether oxygens (including phenoxy) is 1. The summed E-state index contributed by atoms with van der Waals surface area (Å²) in [7, 11) is -4.18. The Labute approximate surface area is 282 Å². The fraction of sp³-hybridized carbons (Fsp3) is 0.375. The quantitative estimate of drug-likeness (QED) is 0.240. The molecule has 2 aromatic heterocycles. The summed E-state index contributed by atoms with van der Waals surface area (Å²) in [5.74, 6) is 0.208. The number of fused-ring (bicyclic) bond motifs is 1. The summed E-state index contributed by atoms with van der Waals surface area (Å²) in [6.45, 7) is 3.10. The second-order valence-electron chi connectivity index (χ2n) is 11.8. The van der Waals surface area contributed by atoms with Gasteiger partial charge in [-0.1, -0.05) is 35.3 Å². The Bertz CT molecular complexity index is 1910.